The van der Waals surface area contributed by atoms with Crippen molar-refractivity contribution < 1.29 is 19.1 Å². The Balaban J connectivity index is 2.60. The molecule has 0 saturated carbocycles. The van der Waals surface area contributed by atoms with E-state index in [0.29, 0.717) is 43.5 Å². The van der Waals surface area contributed by atoms with Gasteiger partial charge < -0.3 is 19.7 Å². The molecule has 1 rings (SSSR count). The highest BCUT2D eigenvalue weighted by molar-refractivity contribution is 6.30. The molecule has 0 aliphatic carbocycles. The molecule has 0 aromatic heterocycles. The summed E-state index contributed by atoms with van der Waals surface area (Å²) in [6.45, 7) is 5.99. The number of hydrogen-bond acceptors (Lipinski definition) is 4. The van der Waals surface area contributed by atoms with E-state index in [4.69, 9.17) is 21.1 Å². The molecule has 0 unspecified atom stereocenters. The van der Waals surface area contributed by atoms with Gasteiger partial charge in [0.15, 0.2) is 0 Å². The maximum atomic E-state index is 12.4. The average molecular weight is 357 g/mol. The largest absolute Gasteiger partial charge is 0.466 e. The molecule has 24 heavy (non-hydrogen) atoms. The van der Waals surface area contributed by atoms with Gasteiger partial charge in [-0.15, -0.1) is 0 Å². The Kier molecular flexibility index (Phi) is 9.88. The van der Waals surface area contributed by atoms with Crippen molar-refractivity contribution >= 4 is 29.3 Å². The van der Waals surface area contributed by atoms with Crippen molar-refractivity contribution in [1.82, 2.24) is 4.90 Å². The first kappa shape index (κ1) is 20.3. The summed E-state index contributed by atoms with van der Waals surface area (Å²) in [4.78, 5) is 25.5. The van der Waals surface area contributed by atoms with Gasteiger partial charge in [-0.2, -0.15) is 0 Å². The van der Waals surface area contributed by atoms with Crippen LogP contribution in [0.3, 0.4) is 0 Å². The second kappa shape index (κ2) is 11.7. The monoisotopic (exact) mass is 356 g/mol. The smallest absolute Gasteiger partial charge is 0.321 e. The first-order valence-electron chi connectivity index (χ1n) is 8.11. The molecule has 1 aromatic carbocycles. The van der Waals surface area contributed by atoms with Crippen molar-refractivity contribution in [3.05, 3.63) is 29.3 Å². The van der Waals surface area contributed by atoms with Crippen LogP contribution in [0.25, 0.3) is 0 Å². The van der Waals surface area contributed by atoms with E-state index in [-0.39, 0.29) is 25.0 Å². The highest BCUT2D eigenvalue weighted by Crippen LogP contribution is 2.15. The Morgan fingerprint density at radius 1 is 1.21 bits per heavy atom. The molecule has 0 fully saturated rings. The van der Waals surface area contributed by atoms with Gasteiger partial charge in [-0.1, -0.05) is 17.7 Å². The topological polar surface area (TPSA) is 67.9 Å². The van der Waals surface area contributed by atoms with Gasteiger partial charge in [-0.05, 0) is 38.5 Å². The van der Waals surface area contributed by atoms with E-state index in [9.17, 15) is 9.59 Å². The lowest BCUT2D eigenvalue weighted by molar-refractivity contribution is -0.143. The Bertz CT molecular complexity index is 525. The van der Waals surface area contributed by atoms with Gasteiger partial charge >= 0.3 is 12.0 Å². The molecule has 0 aliphatic heterocycles. The maximum Gasteiger partial charge on any atom is 0.321 e. The SMILES string of the molecule is CCOCCCN(CCC(=O)OCC)C(=O)Nc1cccc(Cl)c1. The maximum absolute atomic E-state index is 12.4. The number of nitrogens with zero attached hydrogens (tertiary/aromatic N) is 1. The van der Waals surface area contributed by atoms with Crippen molar-refractivity contribution in [2.45, 2.75) is 26.7 Å². The number of hydrogen-bond donors (Lipinski definition) is 1. The lowest BCUT2D eigenvalue weighted by Gasteiger charge is -2.23. The number of nitrogens with one attached hydrogen (secondary N) is 1. The number of rotatable bonds is 10. The van der Waals surface area contributed by atoms with Gasteiger partial charge in [0.25, 0.3) is 0 Å². The summed E-state index contributed by atoms with van der Waals surface area (Å²) in [6, 6.07) is 6.64. The van der Waals surface area contributed by atoms with Gasteiger partial charge in [0, 0.05) is 37.0 Å². The Morgan fingerprint density at radius 2 is 2.00 bits per heavy atom. The fourth-order valence-corrected chi connectivity index (χ4v) is 2.24. The number of benzene rings is 1. The van der Waals surface area contributed by atoms with E-state index in [2.05, 4.69) is 5.32 Å². The van der Waals surface area contributed by atoms with Gasteiger partial charge in [-0.3, -0.25) is 4.79 Å². The summed E-state index contributed by atoms with van der Waals surface area (Å²) in [5.74, 6) is -0.317. The van der Waals surface area contributed by atoms with E-state index >= 15 is 0 Å². The Labute approximate surface area is 148 Å². The number of halogens is 1. The predicted molar refractivity (Wildman–Crippen MR) is 94.4 cm³/mol. The molecule has 0 aliphatic rings. The highest BCUT2D eigenvalue weighted by atomic mass is 35.5. The minimum absolute atomic E-state index is 0.158. The second-order valence-corrected chi connectivity index (χ2v) is 5.47. The van der Waals surface area contributed by atoms with Crippen LogP contribution in [0.4, 0.5) is 10.5 Å². The summed E-state index contributed by atoms with van der Waals surface area (Å²) in [6.07, 6.45) is 0.852. The van der Waals surface area contributed by atoms with Crippen molar-refractivity contribution in [3.63, 3.8) is 0 Å². The van der Waals surface area contributed by atoms with Gasteiger partial charge in [0.2, 0.25) is 0 Å². The third-order valence-corrected chi connectivity index (χ3v) is 3.41. The minimum atomic E-state index is -0.317. The molecule has 0 spiro atoms. The average Bonchev–Trinajstić information content (AvgIpc) is 2.54. The van der Waals surface area contributed by atoms with Crippen LogP contribution in [0.2, 0.25) is 5.02 Å². The number of carbonyl (C=O) groups is 2. The lowest BCUT2D eigenvalue weighted by Crippen LogP contribution is -2.37. The van der Waals surface area contributed by atoms with Crippen LogP contribution in [0.5, 0.6) is 0 Å². The Hall–Kier alpha value is -1.79. The zero-order valence-electron chi connectivity index (χ0n) is 14.2. The second-order valence-electron chi connectivity index (χ2n) is 5.03. The molecule has 0 atom stereocenters. The number of anilines is 1. The van der Waals surface area contributed by atoms with Gasteiger partial charge in [-0.25, -0.2) is 4.79 Å². The molecule has 0 bridgehead atoms. The first-order chi connectivity index (χ1) is 11.6. The fourth-order valence-electron chi connectivity index (χ4n) is 2.04. The zero-order valence-corrected chi connectivity index (χ0v) is 15.0. The summed E-state index contributed by atoms with van der Waals surface area (Å²) < 4.78 is 10.2. The van der Waals surface area contributed by atoms with Crippen LogP contribution in [0, 0.1) is 0 Å². The van der Waals surface area contributed by atoms with E-state index < -0.39 is 0 Å². The van der Waals surface area contributed by atoms with Crippen LogP contribution in [-0.4, -0.2) is 49.8 Å². The quantitative estimate of drug-likeness (QED) is 0.514. The third-order valence-electron chi connectivity index (χ3n) is 3.18. The van der Waals surface area contributed by atoms with Crippen LogP contribution >= 0.6 is 11.6 Å². The molecular formula is C17H25ClN2O4. The molecule has 0 radical (unpaired) electrons. The van der Waals surface area contributed by atoms with Gasteiger partial charge in [0.05, 0.1) is 13.0 Å². The van der Waals surface area contributed by atoms with Crippen LogP contribution in [0.15, 0.2) is 24.3 Å². The number of ether oxygens (including phenoxy) is 2. The molecule has 7 heteroatoms. The van der Waals surface area contributed by atoms with E-state index in [1.54, 1.807) is 36.1 Å². The lowest BCUT2D eigenvalue weighted by atomic mass is 10.3. The van der Waals surface area contributed by atoms with E-state index in [1.807, 2.05) is 6.92 Å². The van der Waals surface area contributed by atoms with E-state index in [0.717, 1.165) is 0 Å². The molecule has 0 heterocycles. The summed E-state index contributed by atoms with van der Waals surface area (Å²) in [5, 5.41) is 3.33. The molecular weight excluding hydrogens is 332 g/mol. The van der Waals surface area contributed by atoms with Crippen LogP contribution in [0.1, 0.15) is 26.7 Å². The number of urea groups is 1. The summed E-state index contributed by atoms with van der Waals surface area (Å²) in [7, 11) is 0. The number of esters is 1. The third kappa shape index (κ3) is 8.17. The zero-order chi connectivity index (χ0) is 17.8. The number of amides is 2. The Morgan fingerprint density at radius 3 is 2.67 bits per heavy atom. The standard InChI is InChI=1S/C17H25ClN2O4/c1-3-23-12-6-10-20(11-9-16(21)24-4-2)17(22)19-15-8-5-7-14(18)13-15/h5,7-8,13H,3-4,6,9-12H2,1-2H3,(H,19,22). The number of carbonyl (C=O) groups excluding carboxylic acids is 2. The predicted octanol–water partition coefficient (Wildman–Crippen LogP) is 3.55. The molecule has 2 amide bonds. The molecule has 1 N–H and O–H groups in total. The van der Waals surface area contributed by atoms with Gasteiger partial charge in [0.1, 0.15) is 0 Å². The van der Waals surface area contributed by atoms with Crippen molar-refractivity contribution in [2.24, 2.45) is 0 Å². The van der Waals surface area contributed by atoms with Crippen LogP contribution in [-0.2, 0) is 14.3 Å². The normalized spacial score (nSPS) is 10.3. The molecule has 6 nitrogen and oxygen atoms in total. The highest BCUT2D eigenvalue weighted by Gasteiger charge is 2.15. The minimum Gasteiger partial charge on any atom is -0.466 e. The fraction of sp³-hybridized carbons (Fsp3) is 0.529. The van der Waals surface area contributed by atoms with Crippen molar-refractivity contribution in [1.29, 1.82) is 0 Å². The molecule has 134 valence electrons. The van der Waals surface area contributed by atoms with Crippen molar-refractivity contribution in [2.75, 3.05) is 38.2 Å². The van der Waals surface area contributed by atoms with Crippen molar-refractivity contribution in [3.8, 4) is 0 Å². The van der Waals surface area contributed by atoms with Crippen LogP contribution < -0.4 is 5.32 Å². The summed E-state index contributed by atoms with van der Waals surface area (Å²) >= 11 is 5.92. The summed E-state index contributed by atoms with van der Waals surface area (Å²) in [5.41, 5.74) is 0.610. The van der Waals surface area contributed by atoms with E-state index in [1.165, 1.54) is 0 Å². The molecule has 0 saturated heterocycles. The molecule has 1 aromatic rings. The first-order valence-corrected chi connectivity index (χ1v) is 8.49.